The molecule has 1 heterocycles. The van der Waals surface area contributed by atoms with E-state index in [0.29, 0.717) is 11.6 Å². The third-order valence-corrected chi connectivity index (χ3v) is 3.70. The van der Waals surface area contributed by atoms with E-state index in [1.165, 1.54) is 7.11 Å². The Morgan fingerprint density at radius 3 is 2.82 bits per heavy atom. The molecule has 6 heteroatoms. The van der Waals surface area contributed by atoms with Crippen molar-refractivity contribution in [1.82, 2.24) is 9.78 Å². The van der Waals surface area contributed by atoms with Crippen molar-refractivity contribution in [2.45, 2.75) is 31.8 Å². The molecule has 2 rings (SSSR count). The number of hydrogen-bond acceptors (Lipinski definition) is 4. The van der Waals surface area contributed by atoms with E-state index in [1.807, 2.05) is 6.92 Å². The highest BCUT2D eigenvalue weighted by molar-refractivity contribution is 6.31. The Labute approximate surface area is 105 Å². The van der Waals surface area contributed by atoms with Gasteiger partial charge in [-0.2, -0.15) is 5.10 Å². The highest BCUT2D eigenvalue weighted by Gasteiger charge is 2.49. The van der Waals surface area contributed by atoms with Crippen LogP contribution in [0.25, 0.3) is 0 Å². The largest absolute Gasteiger partial charge is 0.468 e. The molecule has 5 nitrogen and oxygen atoms in total. The maximum Gasteiger partial charge on any atom is 0.328 e. The Kier molecular flexibility index (Phi) is 3.14. The molecule has 1 aromatic rings. The molecule has 2 N–H and O–H groups in total. The predicted octanol–water partition coefficient (Wildman–Crippen LogP) is 1.13. The molecule has 0 aliphatic heterocycles. The Morgan fingerprint density at radius 2 is 2.41 bits per heavy atom. The lowest BCUT2D eigenvalue weighted by atomic mass is 9.94. The van der Waals surface area contributed by atoms with Crippen LogP contribution in [0, 0.1) is 12.8 Å². The molecule has 1 fully saturated rings. The molecule has 0 saturated heterocycles. The summed E-state index contributed by atoms with van der Waals surface area (Å²) in [6.07, 6.45) is 3.47. The van der Waals surface area contributed by atoms with E-state index in [-0.39, 0.29) is 11.9 Å². The van der Waals surface area contributed by atoms with Crippen LogP contribution in [0.3, 0.4) is 0 Å². The second-order valence-corrected chi connectivity index (χ2v) is 4.95. The maximum absolute atomic E-state index is 11.8. The number of halogens is 1. The molecule has 1 unspecified atom stereocenters. The summed E-state index contributed by atoms with van der Waals surface area (Å²) in [4.78, 5) is 11.8. The van der Waals surface area contributed by atoms with Gasteiger partial charge in [0.25, 0.3) is 0 Å². The van der Waals surface area contributed by atoms with E-state index >= 15 is 0 Å². The van der Waals surface area contributed by atoms with Crippen molar-refractivity contribution in [1.29, 1.82) is 0 Å². The number of carbonyl (C=O) groups excluding carboxylic acids is 1. The van der Waals surface area contributed by atoms with Crippen molar-refractivity contribution in [3.8, 4) is 0 Å². The van der Waals surface area contributed by atoms with Crippen molar-refractivity contribution < 1.29 is 9.53 Å². The van der Waals surface area contributed by atoms with E-state index in [9.17, 15) is 4.79 Å². The lowest BCUT2D eigenvalue weighted by Crippen LogP contribution is -2.54. The van der Waals surface area contributed by atoms with Gasteiger partial charge in [0.05, 0.1) is 30.6 Å². The molecule has 0 aromatic carbocycles. The maximum atomic E-state index is 11.8. The molecule has 1 atom stereocenters. The summed E-state index contributed by atoms with van der Waals surface area (Å²) in [7, 11) is 1.36. The third kappa shape index (κ3) is 2.17. The molecule has 94 valence electrons. The summed E-state index contributed by atoms with van der Waals surface area (Å²) in [6, 6.07) is 0. The number of methoxy groups -OCH3 is 1. The summed E-state index contributed by atoms with van der Waals surface area (Å²) in [5.41, 5.74) is 6.01. The van der Waals surface area contributed by atoms with Crippen LogP contribution < -0.4 is 5.73 Å². The molecule has 17 heavy (non-hydrogen) atoms. The lowest BCUT2D eigenvalue weighted by Gasteiger charge is -2.26. The number of nitrogens with two attached hydrogens (primary N) is 1. The molecule has 0 bridgehead atoms. The zero-order chi connectivity index (χ0) is 12.6. The van der Waals surface area contributed by atoms with Crippen LogP contribution in [0.2, 0.25) is 5.02 Å². The van der Waals surface area contributed by atoms with Gasteiger partial charge in [0, 0.05) is 0 Å². The molecular weight excluding hydrogens is 242 g/mol. The fraction of sp³-hybridized carbons (Fsp3) is 0.636. The average molecular weight is 258 g/mol. The number of aromatic nitrogens is 2. The first-order chi connectivity index (χ1) is 7.99. The van der Waals surface area contributed by atoms with Gasteiger partial charge in [-0.05, 0) is 25.7 Å². The van der Waals surface area contributed by atoms with Gasteiger partial charge in [-0.3, -0.25) is 4.68 Å². The smallest absolute Gasteiger partial charge is 0.328 e. The average Bonchev–Trinajstić information content (AvgIpc) is 3.12. The molecule has 1 saturated carbocycles. The standard InChI is InChI=1S/C11H16ClN3O2/c1-7-9(12)5-14-15(7)6-11(13,8-3-4-8)10(16)17-2/h5,8H,3-4,6,13H2,1-2H3. The Balaban J connectivity index is 2.24. The minimum absolute atomic E-state index is 0.178. The van der Waals surface area contributed by atoms with Gasteiger partial charge in [0.1, 0.15) is 5.54 Å². The quantitative estimate of drug-likeness (QED) is 0.821. The number of esters is 1. The molecule has 0 amide bonds. The van der Waals surface area contributed by atoms with Crippen LogP contribution in [0.5, 0.6) is 0 Å². The van der Waals surface area contributed by atoms with E-state index in [1.54, 1.807) is 10.9 Å². The summed E-state index contributed by atoms with van der Waals surface area (Å²) in [6.45, 7) is 2.16. The Morgan fingerprint density at radius 1 is 1.76 bits per heavy atom. The molecule has 1 aliphatic carbocycles. The molecule has 0 radical (unpaired) electrons. The van der Waals surface area contributed by atoms with Crippen LogP contribution in [-0.2, 0) is 16.1 Å². The monoisotopic (exact) mass is 257 g/mol. The van der Waals surface area contributed by atoms with Crippen molar-refractivity contribution in [3.63, 3.8) is 0 Å². The highest BCUT2D eigenvalue weighted by atomic mass is 35.5. The summed E-state index contributed by atoms with van der Waals surface area (Å²) in [5.74, 6) is -0.205. The fourth-order valence-electron chi connectivity index (χ4n) is 1.98. The number of hydrogen-bond donors (Lipinski definition) is 1. The zero-order valence-corrected chi connectivity index (χ0v) is 10.7. The Bertz CT molecular complexity index is 442. The number of rotatable bonds is 4. The van der Waals surface area contributed by atoms with Crippen molar-refractivity contribution in [2.24, 2.45) is 11.7 Å². The highest BCUT2D eigenvalue weighted by Crippen LogP contribution is 2.40. The molecular formula is C11H16ClN3O2. The van der Waals surface area contributed by atoms with Gasteiger partial charge in [-0.25, -0.2) is 4.79 Å². The van der Waals surface area contributed by atoms with Gasteiger partial charge in [-0.15, -0.1) is 0 Å². The minimum Gasteiger partial charge on any atom is -0.468 e. The minimum atomic E-state index is -0.991. The second kappa shape index (κ2) is 4.31. The summed E-state index contributed by atoms with van der Waals surface area (Å²) >= 11 is 5.93. The van der Waals surface area contributed by atoms with Gasteiger partial charge in [0.15, 0.2) is 0 Å². The Hall–Kier alpha value is -1.07. The topological polar surface area (TPSA) is 70.1 Å². The summed E-state index contributed by atoms with van der Waals surface area (Å²) < 4.78 is 6.46. The molecule has 1 aliphatic rings. The van der Waals surface area contributed by atoms with E-state index < -0.39 is 5.54 Å². The van der Waals surface area contributed by atoms with E-state index in [0.717, 1.165) is 18.5 Å². The van der Waals surface area contributed by atoms with Crippen LogP contribution in [0.1, 0.15) is 18.5 Å². The third-order valence-electron chi connectivity index (χ3n) is 3.33. The first-order valence-electron chi connectivity index (χ1n) is 5.54. The lowest BCUT2D eigenvalue weighted by molar-refractivity contribution is -0.148. The summed E-state index contributed by atoms with van der Waals surface area (Å²) in [5, 5.41) is 4.70. The van der Waals surface area contributed by atoms with Crippen molar-refractivity contribution >= 4 is 17.6 Å². The van der Waals surface area contributed by atoms with Crippen LogP contribution in [0.4, 0.5) is 0 Å². The van der Waals surface area contributed by atoms with Crippen molar-refractivity contribution in [3.05, 3.63) is 16.9 Å². The number of ether oxygens (including phenoxy) is 1. The van der Waals surface area contributed by atoms with Gasteiger partial charge < -0.3 is 10.5 Å². The second-order valence-electron chi connectivity index (χ2n) is 4.54. The SMILES string of the molecule is COC(=O)C(N)(Cn1ncc(Cl)c1C)C1CC1. The van der Waals surface area contributed by atoms with Crippen LogP contribution in [-0.4, -0.2) is 28.4 Å². The first kappa shape index (κ1) is 12.4. The van der Waals surface area contributed by atoms with Gasteiger partial charge in [-0.1, -0.05) is 11.6 Å². The van der Waals surface area contributed by atoms with Gasteiger partial charge in [0.2, 0.25) is 0 Å². The normalized spacial score (nSPS) is 18.8. The molecule has 1 aromatic heterocycles. The van der Waals surface area contributed by atoms with Crippen molar-refractivity contribution in [2.75, 3.05) is 7.11 Å². The van der Waals surface area contributed by atoms with E-state index in [4.69, 9.17) is 22.1 Å². The van der Waals surface area contributed by atoms with Crippen LogP contribution in [0.15, 0.2) is 6.20 Å². The first-order valence-corrected chi connectivity index (χ1v) is 5.92. The number of carbonyl (C=O) groups is 1. The van der Waals surface area contributed by atoms with E-state index in [2.05, 4.69) is 5.10 Å². The predicted molar refractivity (Wildman–Crippen MR) is 63.6 cm³/mol. The van der Waals surface area contributed by atoms with Crippen LogP contribution >= 0.6 is 11.6 Å². The number of nitrogens with zero attached hydrogens (tertiary/aromatic N) is 2. The zero-order valence-electron chi connectivity index (χ0n) is 9.94. The molecule has 0 spiro atoms. The van der Waals surface area contributed by atoms with Gasteiger partial charge >= 0.3 is 5.97 Å². The fourth-order valence-corrected chi connectivity index (χ4v) is 2.12.